The molecule has 0 atom stereocenters. The monoisotopic (exact) mass is 200 g/mol. The van der Waals surface area contributed by atoms with Gasteiger partial charge in [-0.3, -0.25) is 0 Å². The van der Waals surface area contributed by atoms with Crippen LogP contribution >= 0.6 is 11.6 Å². The molecule has 72 valence electrons. The van der Waals surface area contributed by atoms with Crippen molar-refractivity contribution in [3.8, 4) is 0 Å². The first kappa shape index (κ1) is 10.2. The van der Waals surface area contributed by atoms with E-state index in [1.54, 1.807) is 6.07 Å². The van der Waals surface area contributed by atoms with Crippen molar-refractivity contribution in [1.82, 2.24) is 0 Å². The summed E-state index contributed by atoms with van der Waals surface area (Å²) in [5.41, 5.74) is 8.17. The van der Waals surface area contributed by atoms with Gasteiger partial charge in [-0.1, -0.05) is 12.1 Å². The Morgan fingerprint density at radius 2 is 2.23 bits per heavy atom. The number of halogens is 1. The Hall–Kier alpha value is -0.930. The maximum Gasteiger partial charge on any atom is 0.0619 e. The highest BCUT2D eigenvalue weighted by molar-refractivity contribution is 6.17. The van der Waals surface area contributed by atoms with Gasteiger partial charge in [0.25, 0.3) is 0 Å². The molecule has 1 aromatic carbocycles. The van der Waals surface area contributed by atoms with Gasteiger partial charge in [0.2, 0.25) is 0 Å². The fourth-order valence-electron chi connectivity index (χ4n) is 1.13. The highest BCUT2D eigenvalue weighted by atomic mass is 35.5. The zero-order valence-electron chi connectivity index (χ0n) is 7.26. The molecule has 4 N–H and O–H groups in total. The summed E-state index contributed by atoms with van der Waals surface area (Å²) in [4.78, 5) is 0. The van der Waals surface area contributed by atoms with Gasteiger partial charge < -0.3 is 16.2 Å². The van der Waals surface area contributed by atoms with E-state index in [1.165, 1.54) is 0 Å². The van der Waals surface area contributed by atoms with Crippen molar-refractivity contribution in [3.05, 3.63) is 23.8 Å². The molecule has 0 bridgehead atoms. The van der Waals surface area contributed by atoms with Crippen molar-refractivity contribution >= 4 is 23.0 Å². The third-order valence-corrected chi connectivity index (χ3v) is 2.03. The molecule has 0 radical (unpaired) electrons. The number of para-hydroxylation sites is 1. The van der Waals surface area contributed by atoms with Crippen molar-refractivity contribution in [2.45, 2.75) is 5.88 Å². The van der Waals surface area contributed by atoms with Crippen LogP contribution < -0.4 is 11.1 Å². The molecule has 0 aromatic heterocycles. The third-order valence-electron chi connectivity index (χ3n) is 1.74. The summed E-state index contributed by atoms with van der Waals surface area (Å²) in [6, 6.07) is 5.57. The third kappa shape index (κ3) is 2.50. The zero-order chi connectivity index (χ0) is 9.68. The number of hydrogen-bond acceptors (Lipinski definition) is 3. The molecular formula is C9H13ClN2O. The van der Waals surface area contributed by atoms with Gasteiger partial charge in [0.05, 0.1) is 18.0 Å². The Morgan fingerprint density at radius 1 is 1.46 bits per heavy atom. The lowest BCUT2D eigenvalue weighted by molar-refractivity contribution is 0.311. The van der Waals surface area contributed by atoms with Crippen LogP contribution in [0.1, 0.15) is 5.56 Å². The van der Waals surface area contributed by atoms with Gasteiger partial charge in [0, 0.05) is 12.4 Å². The maximum absolute atomic E-state index is 8.65. The fraction of sp³-hybridized carbons (Fsp3) is 0.333. The Labute approximate surface area is 82.5 Å². The van der Waals surface area contributed by atoms with Crippen LogP contribution in [0.15, 0.2) is 18.2 Å². The van der Waals surface area contributed by atoms with E-state index in [4.69, 9.17) is 22.4 Å². The maximum atomic E-state index is 8.65. The molecule has 1 aromatic rings. The number of aliphatic hydroxyl groups is 1. The van der Waals surface area contributed by atoms with Crippen LogP contribution in [-0.4, -0.2) is 18.3 Å². The lowest BCUT2D eigenvalue weighted by Gasteiger charge is -2.11. The van der Waals surface area contributed by atoms with Crippen LogP contribution in [0.4, 0.5) is 11.4 Å². The van der Waals surface area contributed by atoms with E-state index >= 15 is 0 Å². The second-order valence-electron chi connectivity index (χ2n) is 2.67. The van der Waals surface area contributed by atoms with E-state index in [-0.39, 0.29) is 6.61 Å². The van der Waals surface area contributed by atoms with Crippen molar-refractivity contribution in [3.63, 3.8) is 0 Å². The number of nitrogens with two attached hydrogens (primary N) is 1. The largest absolute Gasteiger partial charge is 0.397 e. The van der Waals surface area contributed by atoms with E-state index < -0.39 is 0 Å². The molecule has 0 aliphatic rings. The molecule has 0 unspecified atom stereocenters. The smallest absolute Gasteiger partial charge is 0.0619 e. The van der Waals surface area contributed by atoms with Gasteiger partial charge in [-0.15, -0.1) is 11.6 Å². The number of benzene rings is 1. The molecule has 4 heteroatoms. The van der Waals surface area contributed by atoms with Crippen molar-refractivity contribution in [2.24, 2.45) is 0 Å². The minimum absolute atomic E-state index is 0.0794. The average molecular weight is 201 g/mol. The normalized spacial score (nSPS) is 10.0. The molecule has 0 fully saturated rings. The van der Waals surface area contributed by atoms with Gasteiger partial charge in [-0.2, -0.15) is 0 Å². The minimum Gasteiger partial charge on any atom is -0.397 e. The van der Waals surface area contributed by atoms with E-state index in [2.05, 4.69) is 5.32 Å². The highest BCUT2D eigenvalue weighted by Crippen LogP contribution is 2.24. The summed E-state index contributed by atoms with van der Waals surface area (Å²) >= 11 is 5.72. The quantitative estimate of drug-likeness (QED) is 0.509. The molecule has 0 heterocycles. The summed E-state index contributed by atoms with van der Waals surface area (Å²) in [5.74, 6) is 0.415. The van der Waals surface area contributed by atoms with Crippen LogP contribution in [0.3, 0.4) is 0 Å². The summed E-state index contributed by atoms with van der Waals surface area (Å²) in [6.45, 7) is 0.564. The van der Waals surface area contributed by atoms with Gasteiger partial charge >= 0.3 is 0 Å². The molecule has 3 nitrogen and oxygen atoms in total. The lowest BCUT2D eigenvalue weighted by atomic mass is 10.1. The van der Waals surface area contributed by atoms with Gasteiger partial charge in [-0.25, -0.2) is 0 Å². The Bertz CT molecular complexity index is 278. The molecule has 13 heavy (non-hydrogen) atoms. The summed E-state index contributed by atoms with van der Waals surface area (Å²) in [6.07, 6.45) is 0. The number of alkyl halides is 1. The second-order valence-corrected chi connectivity index (χ2v) is 2.93. The van der Waals surface area contributed by atoms with Crippen LogP contribution in [-0.2, 0) is 5.88 Å². The summed E-state index contributed by atoms with van der Waals surface area (Å²) < 4.78 is 0. The van der Waals surface area contributed by atoms with Gasteiger partial charge in [0.1, 0.15) is 0 Å². The Kier molecular flexibility index (Phi) is 3.86. The highest BCUT2D eigenvalue weighted by Gasteiger charge is 2.03. The molecular weight excluding hydrogens is 188 g/mol. The van der Waals surface area contributed by atoms with Crippen LogP contribution in [0.5, 0.6) is 0 Å². The molecule has 0 saturated carbocycles. The molecule has 0 amide bonds. The molecule has 0 aliphatic heterocycles. The second kappa shape index (κ2) is 4.94. The van der Waals surface area contributed by atoms with Crippen LogP contribution in [0.25, 0.3) is 0 Å². The number of hydrogen-bond donors (Lipinski definition) is 3. The number of nitrogens with one attached hydrogen (secondary N) is 1. The predicted octanol–water partition coefficient (Wildman–Crippen LogP) is 1.41. The topological polar surface area (TPSA) is 58.3 Å². The van der Waals surface area contributed by atoms with Crippen LogP contribution in [0, 0.1) is 0 Å². The first-order chi connectivity index (χ1) is 6.29. The lowest BCUT2D eigenvalue weighted by Crippen LogP contribution is -2.09. The molecule has 0 aliphatic carbocycles. The van der Waals surface area contributed by atoms with Gasteiger partial charge in [0.15, 0.2) is 0 Å². The minimum atomic E-state index is 0.0794. The SMILES string of the molecule is Nc1cccc(CCl)c1NCCO. The van der Waals surface area contributed by atoms with E-state index in [1.807, 2.05) is 12.1 Å². The molecule has 1 rings (SSSR count). The first-order valence-electron chi connectivity index (χ1n) is 4.07. The number of rotatable bonds is 4. The summed E-state index contributed by atoms with van der Waals surface area (Å²) in [7, 11) is 0. The zero-order valence-corrected chi connectivity index (χ0v) is 8.01. The van der Waals surface area contributed by atoms with Crippen molar-refractivity contribution < 1.29 is 5.11 Å². The first-order valence-corrected chi connectivity index (χ1v) is 4.61. The number of aliphatic hydroxyl groups excluding tert-OH is 1. The number of nitrogen functional groups attached to an aromatic ring is 1. The van der Waals surface area contributed by atoms with Crippen molar-refractivity contribution in [2.75, 3.05) is 24.2 Å². The van der Waals surface area contributed by atoms with Crippen LogP contribution in [0.2, 0.25) is 0 Å². The molecule has 0 saturated heterocycles. The van der Waals surface area contributed by atoms with Gasteiger partial charge in [-0.05, 0) is 11.6 Å². The standard InChI is InChI=1S/C9H13ClN2O/c10-6-7-2-1-3-8(11)9(7)12-4-5-13/h1-3,12-13H,4-6,11H2. The van der Waals surface area contributed by atoms with E-state index in [9.17, 15) is 0 Å². The predicted molar refractivity (Wildman–Crippen MR) is 56.0 cm³/mol. The van der Waals surface area contributed by atoms with Crippen molar-refractivity contribution in [1.29, 1.82) is 0 Å². The Balaban J connectivity index is 2.87. The number of anilines is 2. The Morgan fingerprint density at radius 3 is 2.85 bits per heavy atom. The fourth-order valence-corrected chi connectivity index (χ4v) is 1.35. The summed E-state index contributed by atoms with van der Waals surface area (Å²) in [5, 5.41) is 11.7. The molecule has 0 spiro atoms. The van der Waals surface area contributed by atoms with E-state index in [0.29, 0.717) is 18.1 Å². The van der Waals surface area contributed by atoms with E-state index in [0.717, 1.165) is 11.3 Å². The average Bonchev–Trinajstić information content (AvgIpc) is 2.15.